The van der Waals surface area contributed by atoms with Gasteiger partial charge in [0.05, 0.1) is 6.61 Å². The molecule has 0 fully saturated rings. The molecule has 1 aliphatic heterocycles. The molecule has 2 unspecified atom stereocenters. The Hall–Kier alpha value is -1.02. The van der Waals surface area contributed by atoms with Gasteiger partial charge < -0.3 is 10.5 Å². The van der Waals surface area contributed by atoms with Crippen molar-refractivity contribution in [3.8, 4) is 5.75 Å². The van der Waals surface area contributed by atoms with Crippen molar-refractivity contribution in [1.29, 1.82) is 0 Å². The molecule has 82 valence electrons. The van der Waals surface area contributed by atoms with Crippen molar-refractivity contribution >= 4 is 0 Å². The summed E-state index contributed by atoms with van der Waals surface area (Å²) < 4.78 is 5.58. The van der Waals surface area contributed by atoms with Crippen LogP contribution in [0.2, 0.25) is 0 Å². The predicted molar refractivity (Wildman–Crippen MR) is 62.2 cm³/mol. The molecule has 0 saturated heterocycles. The standard InChI is InChI=1S/C13H19NO/c1-3-9(2)10-4-5-13-11(8-10)12(14)6-7-15-13/h4-5,8-9,12H,3,6-7,14H2,1-2H3. The molecule has 2 nitrogen and oxygen atoms in total. The molecule has 0 spiro atoms. The number of benzene rings is 1. The van der Waals surface area contributed by atoms with Crippen LogP contribution in [0.5, 0.6) is 5.75 Å². The summed E-state index contributed by atoms with van der Waals surface area (Å²) in [5.74, 6) is 1.57. The van der Waals surface area contributed by atoms with E-state index in [0.29, 0.717) is 5.92 Å². The van der Waals surface area contributed by atoms with Crippen LogP contribution in [-0.4, -0.2) is 6.61 Å². The molecule has 0 bridgehead atoms. The molecule has 2 rings (SSSR count). The third-order valence-corrected chi connectivity index (χ3v) is 3.30. The highest BCUT2D eigenvalue weighted by Gasteiger charge is 2.18. The Labute approximate surface area is 91.4 Å². The van der Waals surface area contributed by atoms with E-state index in [0.717, 1.165) is 25.2 Å². The van der Waals surface area contributed by atoms with Gasteiger partial charge in [-0.2, -0.15) is 0 Å². The molecule has 1 aromatic carbocycles. The monoisotopic (exact) mass is 205 g/mol. The molecule has 2 N–H and O–H groups in total. The van der Waals surface area contributed by atoms with Crippen LogP contribution in [0.3, 0.4) is 0 Å². The summed E-state index contributed by atoms with van der Waals surface area (Å²) in [5, 5.41) is 0. The average molecular weight is 205 g/mol. The molecule has 2 heteroatoms. The van der Waals surface area contributed by atoms with E-state index >= 15 is 0 Å². The highest BCUT2D eigenvalue weighted by Crippen LogP contribution is 2.33. The molecular weight excluding hydrogens is 186 g/mol. The van der Waals surface area contributed by atoms with Crippen LogP contribution in [-0.2, 0) is 0 Å². The summed E-state index contributed by atoms with van der Waals surface area (Å²) in [5.41, 5.74) is 8.63. The first-order chi connectivity index (χ1) is 7.22. The van der Waals surface area contributed by atoms with Crippen LogP contribution < -0.4 is 10.5 Å². The molecule has 0 amide bonds. The normalized spacial score (nSPS) is 21.7. The molecule has 0 aromatic heterocycles. The number of hydrogen-bond donors (Lipinski definition) is 1. The highest BCUT2D eigenvalue weighted by molar-refractivity contribution is 5.41. The Morgan fingerprint density at radius 2 is 2.33 bits per heavy atom. The molecular formula is C13H19NO. The fraction of sp³-hybridized carbons (Fsp3) is 0.538. The second-order valence-corrected chi connectivity index (χ2v) is 4.35. The second-order valence-electron chi connectivity index (χ2n) is 4.35. The van der Waals surface area contributed by atoms with Gasteiger partial charge in [0.2, 0.25) is 0 Å². The Morgan fingerprint density at radius 3 is 3.07 bits per heavy atom. The van der Waals surface area contributed by atoms with E-state index in [9.17, 15) is 0 Å². The van der Waals surface area contributed by atoms with Gasteiger partial charge in [0.25, 0.3) is 0 Å². The second kappa shape index (κ2) is 4.23. The fourth-order valence-corrected chi connectivity index (χ4v) is 1.98. The van der Waals surface area contributed by atoms with Crippen molar-refractivity contribution in [3.63, 3.8) is 0 Å². The van der Waals surface area contributed by atoms with Crippen molar-refractivity contribution in [3.05, 3.63) is 29.3 Å². The van der Waals surface area contributed by atoms with Gasteiger partial charge >= 0.3 is 0 Å². The minimum Gasteiger partial charge on any atom is -0.493 e. The lowest BCUT2D eigenvalue weighted by Gasteiger charge is -2.24. The van der Waals surface area contributed by atoms with Gasteiger partial charge in [-0.3, -0.25) is 0 Å². The van der Waals surface area contributed by atoms with E-state index in [1.807, 2.05) is 0 Å². The number of nitrogens with two attached hydrogens (primary N) is 1. The van der Waals surface area contributed by atoms with Crippen molar-refractivity contribution in [2.75, 3.05) is 6.61 Å². The molecule has 1 aliphatic rings. The highest BCUT2D eigenvalue weighted by atomic mass is 16.5. The molecule has 1 heterocycles. The van der Waals surface area contributed by atoms with E-state index < -0.39 is 0 Å². The third kappa shape index (κ3) is 2.00. The molecule has 1 aromatic rings. The Morgan fingerprint density at radius 1 is 1.53 bits per heavy atom. The van der Waals surface area contributed by atoms with Gasteiger partial charge in [0, 0.05) is 18.0 Å². The Bertz CT molecular complexity index is 348. The number of fused-ring (bicyclic) bond motifs is 1. The van der Waals surface area contributed by atoms with Gasteiger partial charge in [-0.05, 0) is 24.0 Å². The van der Waals surface area contributed by atoms with Gasteiger partial charge in [-0.1, -0.05) is 26.0 Å². The summed E-state index contributed by atoms with van der Waals surface area (Å²) in [6, 6.07) is 6.59. The number of hydrogen-bond acceptors (Lipinski definition) is 2. The van der Waals surface area contributed by atoms with Crippen LogP contribution in [0, 0.1) is 0 Å². The molecule has 15 heavy (non-hydrogen) atoms. The zero-order valence-electron chi connectivity index (χ0n) is 9.49. The Balaban J connectivity index is 2.35. The minimum absolute atomic E-state index is 0.151. The maximum atomic E-state index is 6.08. The molecule has 2 atom stereocenters. The lowest BCUT2D eigenvalue weighted by Crippen LogP contribution is -2.20. The third-order valence-electron chi connectivity index (χ3n) is 3.30. The van der Waals surface area contributed by atoms with E-state index in [1.165, 1.54) is 11.1 Å². The zero-order valence-corrected chi connectivity index (χ0v) is 9.49. The lowest BCUT2D eigenvalue weighted by molar-refractivity contribution is 0.269. The van der Waals surface area contributed by atoms with Crippen molar-refractivity contribution < 1.29 is 4.74 Å². The van der Waals surface area contributed by atoms with E-state index in [1.54, 1.807) is 0 Å². The number of ether oxygens (including phenoxy) is 1. The number of rotatable bonds is 2. The van der Waals surface area contributed by atoms with Crippen LogP contribution in [0.1, 0.15) is 49.8 Å². The van der Waals surface area contributed by atoms with Crippen molar-refractivity contribution in [2.45, 2.75) is 38.6 Å². The SMILES string of the molecule is CCC(C)c1ccc2c(c1)C(N)CCO2. The van der Waals surface area contributed by atoms with Crippen LogP contribution in [0.25, 0.3) is 0 Å². The average Bonchev–Trinajstić information content (AvgIpc) is 2.28. The minimum atomic E-state index is 0.151. The first-order valence-corrected chi connectivity index (χ1v) is 5.74. The summed E-state index contributed by atoms with van der Waals surface area (Å²) >= 11 is 0. The molecule has 0 radical (unpaired) electrons. The van der Waals surface area contributed by atoms with E-state index in [2.05, 4.69) is 32.0 Å². The van der Waals surface area contributed by atoms with Crippen LogP contribution >= 0.6 is 0 Å². The van der Waals surface area contributed by atoms with E-state index in [-0.39, 0.29) is 6.04 Å². The van der Waals surface area contributed by atoms with Crippen molar-refractivity contribution in [1.82, 2.24) is 0 Å². The van der Waals surface area contributed by atoms with Gasteiger partial charge in [0.1, 0.15) is 5.75 Å². The van der Waals surface area contributed by atoms with Gasteiger partial charge in [-0.25, -0.2) is 0 Å². The van der Waals surface area contributed by atoms with Gasteiger partial charge in [0.15, 0.2) is 0 Å². The van der Waals surface area contributed by atoms with Crippen LogP contribution in [0.4, 0.5) is 0 Å². The first-order valence-electron chi connectivity index (χ1n) is 5.74. The van der Waals surface area contributed by atoms with E-state index in [4.69, 9.17) is 10.5 Å². The summed E-state index contributed by atoms with van der Waals surface area (Å²) in [6.45, 7) is 5.20. The quantitative estimate of drug-likeness (QED) is 0.805. The lowest BCUT2D eigenvalue weighted by atomic mass is 9.93. The maximum absolute atomic E-state index is 6.08. The predicted octanol–water partition coefficient (Wildman–Crippen LogP) is 2.98. The van der Waals surface area contributed by atoms with Crippen LogP contribution in [0.15, 0.2) is 18.2 Å². The first kappa shape index (κ1) is 10.5. The molecule has 0 saturated carbocycles. The zero-order chi connectivity index (χ0) is 10.8. The summed E-state index contributed by atoms with van der Waals surface area (Å²) in [4.78, 5) is 0. The topological polar surface area (TPSA) is 35.2 Å². The van der Waals surface area contributed by atoms with Crippen molar-refractivity contribution in [2.24, 2.45) is 5.73 Å². The molecule has 0 aliphatic carbocycles. The summed E-state index contributed by atoms with van der Waals surface area (Å²) in [6.07, 6.45) is 2.09. The summed E-state index contributed by atoms with van der Waals surface area (Å²) in [7, 11) is 0. The fourth-order valence-electron chi connectivity index (χ4n) is 1.98. The Kier molecular flexibility index (Phi) is 2.96. The van der Waals surface area contributed by atoms with Gasteiger partial charge in [-0.15, -0.1) is 0 Å². The largest absolute Gasteiger partial charge is 0.493 e. The maximum Gasteiger partial charge on any atom is 0.124 e. The smallest absolute Gasteiger partial charge is 0.124 e.